The van der Waals surface area contributed by atoms with Crippen molar-refractivity contribution in [3.63, 3.8) is 0 Å². The Morgan fingerprint density at radius 2 is 2.00 bits per heavy atom. The number of hydrazine groups is 1. The average molecular weight is 236 g/mol. The number of nitrogens with two attached hydrogens (primary N) is 1. The van der Waals surface area contributed by atoms with Gasteiger partial charge >= 0.3 is 0 Å². The summed E-state index contributed by atoms with van der Waals surface area (Å²) in [6, 6.07) is 8.90. The number of rotatable bonds is 4. The van der Waals surface area contributed by atoms with Gasteiger partial charge in [-0.05, 0) is 5.56 Å². The smallest absolute Gasteiger partial charge is 0.249 e. The van der Waals surface area contributed by atoms with Crippen LogP contribution in [0.3, 0.4) is 0 Å². The van der Waals surface area contributed by atoms with Crippen LogP contribution in [0.2, 0.25) is 0 Å². The third-order valence-corrected chi connectivity index (χ3v) is 2.14. The number of nitrogens with one attached hydrogen (secondary N) is 1. The van der Waals surface area contributed by atoms with E-state index >= 15 is 0 Å². The maximum Gasteiger partial charge on any atom is 0.249 e. The highest BCUT2D eigenvalue weighted by Crippen LogP contribution is 2.15. The molecule has 0 aliphatic rings. The van der Waals surface area contributed by atoms with Crippen molar-refractivity contribution < 1.29 is 10.0 Å². The minimum Gasteiger partial charge on any atom is -0.409 e. The largest absolute Gasteiger partial charge is 0.409 e. The van der Waals surface area contributed by atoms with Gasteiger partial charge in [0.05, 0.1) is 0 Å². The Balaban J connectivity index is 3.01. The lowest BCUT2D eigenvalue weighted by Gasteiger charge is -2.19. The third-order valence-electron chi connectivity index (χ3n) is 2.14. The molecule has 1 aromatic carbocycles. The molecule has 0 saturated heterocycles. The van der Waals surface area contributed by atoms with Crippen LogP contribution >= 0.6 is 0 Å². The second kappa shape index (κ2) is 5.86. The van der Waals surface area contributed by atoms with Gasteiger partial charge < -0.3 is 10.9 Å². The second-order valence-electron chi connectivity index (χ2n) is 3.74. The molecule has 92 valence electrons. The van der Waals surface area contributed by atoms with E-state index in [1.807, 2.05) is 6.07 Å². The van der Waals surface area contributed by atoms with Gasteiger partial charge in [0.25, 0.3) is 0 Å². The standard InChI is InChI=1S/C11H16N4O2/c1-15(2)13-11(16)9(10(12)14-17)8-6-4-3-5-7-8/h3-7,9,17H,1-2H3,(H2,12,14)(H,13,16). The molecule has 0 radical (unpaired) electrons. The van der Waals surface area contributed by atoms with E-state index in [0.717, 1.165) is 0 Å². The molecule has 4 N–H and O–H groups in total. The number of nitrogens with zero attached hydrogens (tertiary/aromatic N) is 2. The lowest BCUT2D eigenvalue weighted by atomic mass is 9.97. The molecular formula is C11H16N4O2. The summed E-state index contributed by atoms with van der Waals surface area (Å²) in [5.41, 5.74) is 8.79. The Hall–Kier alpha value is -2.08. The molecule has 1 unspecified atom stereocenters. The number of hydrogen-bond acceptors (Lipinski definition) is 4. The first-order chi connectivity index (χ1) is 8.06. The fourth-order valence-corrected chi connectivity index (χ4v) is 1.44. The van der Waals surface area contributed by atoms with Crippen LogP contribution in [0.1, 0.15) is 11.5 Å². The minimum absolute atomic E-state index is 0.143. The molecule has 6 heteroatoms. The predicted octanol–water partition coefficient (Wildman–Crippen LogP) is 0.109. The van der Waals surface area contributed by atoms with E-state index < -0.39 is 5.92 Å². The molecule has 0 heterocycles. The summed E-state index contributed by atoms with van der Waals surface area (Å²) in [5.74, 6) is -1.30. The first-order valence-corrected chi connectivity index (χ1v) is 5.06. The zero-order valence-electron chi connectivity index (χ0n) is 9.79. The molecule has 17 heavy (non-hydrogen) atoms. The summed E-state index contributed by atoms with van der Waals surface area (Å²) in [7, 11) is 3.37. The number of amides is 1. The van der Waals surface area contributed by atoms with Crippen LogP contribution in [0, 0.1) is 0 Å². The highest BCUT2D eigenvalue weighted by Gasteiger charge is 2.25. The van der Waals surface area contributed by atoms with Gasteiger partial charge in [0, 0.05) is 14.1 Å². The Bertz CT molecular complexity index is 403. The fraction of sp³-hybridized carbons (Fsp3) is 0.273. The number of carbonyl (C=O) groups excluding carboxylic acids is 1. The van der Waals surface area contributed by atoms with E-state index in [4.69, 9.17) is 10.9 Å². The van der Waals surface area contributed by atoms with Gasteiger partial charge in [-0.1, -0.05) is 35.5 Å². The van der Waals surface area contributed by atoms with E-state index in [0.29, 0.717) is 5.56 Å². The molecule has 0 bridgehead atoms. The fourth-order valence-electron chi connectivity index (χ4n) is 1.44. The molecule has 1 rings (SSSR count). The summed E-state index contributed by atoms with van der Waals surface area (Å²) >= 11 is 0. The monoisotopic (exact) mass is 236 g/mol. The summed E-state index contributed by atoms with van der Waals surface area (Å²) in [6.45, 7) is 0. The van der Waals surface area contributed by atoms with Crippen LogP contribution in [0.15, 0.2) is 35.5 Å². The number of oxime groups is 1. The molecule has 0 saturated carbocycles. The Kier molecular flexibility index (Phi) is 4.47. The zero-order valence-corrected chi connectivity index (χ0v) is 9.79. The first-order valence-electron chi connectivity index (χ1n) is 5.06. The number of carbonyl (C=O) groups is 1. The molecule has 0 aromatic heterocycles. The van der Waals surface area contributed by atoms with Crippen LogP contribution in [0.25, 0.3) is 0 Å². The molecule has 1 atom stereocenters. The number of amidine groups is 1. The Morgan fingerprint density at radius 3 is 2.47 bits per heavy atom. The lowest BCUT2D eigenvalue weighted by molar-refractivity contribution is -0.124. The minimum atomic E-state index is -0.802. The normalized spacial score (nSPS) is 13.5. The van der Waals surface area contributed by atoms with Gasteiger partial charge in [0.2, 0.25) is 5.91 Å². The number of hydrogen-bond donors (Lipinski definition) is 3. The molecule has 1 amide bonds. The quantitative estimate of drug-likeness (QED) is 0.299. The van der Waals surface area contributed by atoms with Crippen molar-refractivity contribution in [1.29, 1.82) is 0 Å². The molecule has 0 aliphatic carbocycles. The maximum atomic E-state index is 11.9. The molecule has 0 aliphatic heterocycles. The van der Waals surface area contributed by atoms with Crippen molar-refractivity contribution in [3.05, 3.63) is 35.9 Å². The van der Waals surface area contributed by atoms with Crippen molar-refractivity contribution in [3.8, 4) is 0 Å². The molecule has 0 spiro atoms. The second-order valence-corrected chi connectivity index (χ2v) is 3.74. The van der Waals surface area contributed by atoms with Gasteiger partial charge in [-0.3, -0.25) is 10.2 Å². The van der Waals surface area contributed by atoms with Crippen molar-refractivity contribution in [2.24, 2.45) is 10.9 Å². The maximum absolute atomic E-state index is 11.9. The summed E-state index contributed by atoms with van der Waals surface area (Å²) in [6.07, 6.45) is 0. The van der Waals surface area contributed by atoms with Gasteiger partial charge in [-0.2, -0.15) is 0 Å². The van der Waals surface area contributed by atoms with Gasteiger partial charge in [0.15, 0.2) is 5.84 Å². The van der Waals surface area contributed by atoms with Crippen LogP contribution in [0.5, 0.6) is 0 Å². The van der Waals surface area contributed by atoms with Crippen LogP contribution in [-0.2, 0) is 4.79 Å². The van der Waals surface area contributed by atoms with Gasteiger partial charge in [0.1, 0.15) is 5.92 Å². The van der Waals surface area contributed by atoms with Crippen LogP contribution in [-0.4, -0.2) is 36.1 Å². The summed E-state index contributed by atoms with van der Waals surface area (Å²) in [5, 5.41) is 13.1. The van der Waals surface area contributed by atoms with Crippen molar-refractivity contribution in [1.82, 2.24) is 10.4 Å². The Labute approximate surface area is 99.7 Å². The van der Waals surface area contributed by atoms with Crippen LogP contribution < -0.4 is 11.2 Å². The summed E-state index contributed by atoms with van der Waals surface area (Å²) < 4.78 is 0. The topological polar surface area (TPSA) is 91.0 Å². The van der Waals surface area contributed by atoms with E-state index in [1.165, 1.54) is 5.01 Å². The molecule has 1 aromatic rings. The van der Waals surface area contributed by atoms with Gasteiger partial charge in [-0.25, -0.2) is 5.01 Å². The SMILES string of the molecule is CN(C)NC(=O)C(/C(N)=N/O)c1ccccc1. The van der Waals surface area contributed by atoms with E-state index in [9.17, 15) is 4.79 Å². The highest BCUT2D eigenvalue weighted by molar-refractivity contribution is 6.07. The lowest BCUT2D eigenvalue weighted by Crippen LogP contribution is -2.43. The molecular weight excluding hydrogens is 220 g/mol. The van der Waals surface area contributed by atoms with Crippen molar-refractivity contribution >= 4 is 11.7 Å². The average Bonchev–Trinajstić information content (AvgIpc) is 2.29. The zero-order chi connectivity index (χ0) is 12.8. The number of benzene rings is 1. The summed E-state index contributed by atoms with van der Waals surface area (Å²) in [4.78, 5) is 11.9. The van der Waals surface area contributed by atoms with E-state index in [2.05, 4.69) is 10.6 Å². The predicted molar refractivity (Wildman–Crippen MR) is 64.4 cm³/mol. The Morgan fingerprint density at radius 1 is 1.41 bits per heavy atom. The first kappa shape index (κ1) is 13.0. The van der Waals surface area contributed by atoms with Crippen molar-refractivity contribution in [2.75, 3.05) is 14.1 Å². The highest BCUT2D eigenvalue weighted by atomic mass is 16.4. The third kappa shape index (κ3) is 3.46. The molecule has 0 fully saturated rings. The van der Waals surface area contributed by atoms with Crippen LogP contribution in [0.4, 0.5) is 0 Å². The molecule has 6 nitrogen and oxygen atoms in total. The van der Waals surface area contributed by atoms with Gasteiger partial charge in [-0.15, -0.1) is 0 Å². The van der Waals surface area contributed by atoms with E-state index in [-0.39, 0.29) is 11.7 Å². The van der Waals surface area contributed by atoms with Crippen molar-refractivity contribution in [2.45, 2.75) is 5.92 Å². The van der Waals surface area contributed by atoms with E-state index in [1.54, 1.807) is 38.4 Å².